The molecule has 0 saturated carbocycles. The molecule has 3 aromatic heterocycles. The van der Waals surface area contributed by atoms with Crippen LogP contribution >= 0.6 is 34.5 Å². The Labute approximate surface area is 156 Å². The van der Waals surface area contributed by atoms with Crippen LogP contribution in [0.5, 0.6) is 0 Å². The number of thiazole rings is 1. The molecule has 0 aliphatic heterocycles. The van der Waals surface area contributed by atoms with Gasteiger partial charge in [-0.2, -0.15) is 0 Å². The molecule has 0 fully saturated rings. The normalized spacial score (nSPS) is 11.2. The van der Waals surface area contributed by atoms with Gasteiger partial charge < -0.3 is 10.3 Å². The highest BCUT2D eigenvalue weighted by atomic mass is 35.5. The number of nitrogens with zero attached hydrogens (tertiary/aromatic N) is 2. The van der Waals surface area contributed by atoms with Crippen molar-refractivity contribution in [1.82, 2.24) is 15.0 Å². The van der Waals surface area contributed by atoms with E-state index < -0.39 is 0 Å². The molecular weight excluding hydrogens is 382 g/mol. The highest BCUT2D eigenvalue weighted by Crippen LogP contribution is 2.32. The van der Waals surface area contributed by atoms with Gasteiger partial charge in [-0.25, -0.2) is 14.4 Å². The molecule has 2 N–H and O–H groups in total. The number of aromatic amines is 1. The second-order valence-corrected chi connectivity index (χ2v) is 7.28. The average Bonchev–Trinajstić information content (AvgIpc) is 3.14. The van der Waals surface area contributed by atoms with Gasteiger partial charge >= 0.3 is 0 Å². The van der Waals surface area contributed by atoms with Crippen LogP contribution in [0.2, 0.25) is 10.2 Å². The molecule has 0 amide bonds. The molecule has 1 aromatic carbocycles. The fraction of sp³-hybridized carbons (Fsp3) is 0.0588. The third-order valence-corrected chi connectivity index (χ3v) is 5.28. The minimum atomic E-state index is -0.282. The van der Waals surface area contributed by atoms with E-state index in [0.29, 0.717) is 21.7 Å². The minimum Gasteiger partial charge on any atom is -0.346 e. The summed E-state index contributed by atoms with van der Waals surface area (Å²) in [7, 11) is 0. The topological polar surface area (TPSA) is 53.6 Å². The maximum absolute atomic E-state index is 13.0. The van der Waals surface area contributed by atoms with Crippen molar-refractivity contribution in [2.45, 2.75) is 6.42 Å². The van der Waals surface area contributed by atoms with Crippen LogP contribution in [0.15, 0.2) is 42.7 Å². The molecule has 4 nitrogen and oxygen atoms in total. The number of benzene rings is 1. The standard InChI is InChI=1S/C17H11Cl2FN4S/c18-10-6-13-9(7-21-16(13)22-8-10)5-14-15(19)24-17(25-14)23-12-3-1-11(20)2-4-12/h1-4,6-8H,5H2,(H,21,22)(H,23,24). The van der Waals surface area contributed by atoms with Gasteiger partial charge in [0.15, 0.2) is 5.13 Å². The van der Waals surface area contributed by atoms with Crippen molar-refractivity contribution in [3.05, 3.63) is 69.2 Å². The van der Waals surface area contributed by atoms with Gasteiger partial charge in [-0.15, -0.1) is 0 Å². The minimum absolute atomic E-state index is 0.282. The first kappa shape index (κ1) is 16.3. The third kappa shape index (κ3) is 3.46. The highest BCUT2D eigenvalue weighted by molar-refractivity contribution is 7.16. The van der Waals surface area contributed by atoms with Crippen molar-refractivity contribution in [3.8, 4) is 0 Å². The van der Waals surface area contributed by atoms with Crippen LogP contribution in [-0.2, 0) is 6.42 Å². The van der Waals surface area contributed by atoms with E-state index in [0.717, 1.165) is 27.2 Å². The number of hydrogen-bond donors (Lipinski definition) is 2. The summed E-state index contributed by atoms with van der Waals surface area (Å²) in [6.45, 7) is 0. The number of nitrogens with one attached hydrogen (secondary N) is 2. The average molecular weight is 393 g/mol. The molecule has 0 aliphatic carbocycles. The number of rotatable bonds is 4. The Morgan fingerprint density at radius 3 is 2.80 bits per heavy atom. The number of halogens is 3. The summed E-state index contributed by atoms with van der Waals surface area (Å²) < 4.78 is 13.0. The molecule has 8 heteroatoms. The van der Waals surface area contributed by atoms with Crippen LogP contribution in [0.4, 0.5) is 15.2 Å². The largest absolute Gasteiger partial charge is 0.346 e. The zero-order valence-corrected chi connectivity index (χ0v) is 15.0. The molecule has 0 atom stereocenters. The summed E-state index contributed by atoms with van der Waals surface area (Å²) in [6, 6.07) is 7.96. The van der Waals surface area contributed by atoms with Gasteiger partial charge in [-0.05, 0) is 35.9 Å². The van der Waals surface area contributed by atoms with Crippen LogP contribution in [0.3, 0.4) is 0 Å². The van der Waals surface area contributed by atoms with Crippen molar-refractivity contribution >= 4 is 56.4 Å². The lowest BCUT2D eigenvalue weighted by molar-refractivity contribution is 0.628. The van der Waals surface area contributed by atoms with Gasteiger partial charge in [0, 0.05) is 29.9 Å². The Kier molecular flexibility index (Phi) is 4.33. The molecule has 0 aliphatic rings. The van der Waals surface area contributed by atoms with E-state index in [4.69, 9.17) is 23.2 Å². The predicted octanol–water partition coefficient (Wildman–Crippen LogP) is 5.80. The number of H-pyrrole nitrogens is 1. The number of hydrogen-bond acceptors (Lipinski definition) is 4. The predicted molar refractivity (Wildman–Crippen MR) is 101 cm³/mol. The van der Waals surface area contributed by atoms with Crippen molar-refractivity contribution in [2.75, 3.05) is 5.32 Å². The lowest BCUT2D eigenvalue weighted by atomic mass is 10.1. The Morgan fingerprint density at radius 1 is 1.20 bits per heavy atom. The summed E-state index contributed by atoms with van der Waals surface area (Å²) in [4.78, 5) is 12.6. The second-order valence-electron chi connectivity index (χ2n) is 5.41. The molecule has 126 valence electrons. The summed E-state index contributed by atoms with van der Waals surface area (Å²) in [5, 5.41) is 5.78. The molecule has 0 saturated heterocycles. The first-order chi connectivity index (χ1) is 12.1. The van der Waals surface area contributed by atoms with Crippen molar-refractivity contribution < 1.29 is 4.39 Å². The second kappa shape index (κ2) is 6.63. The molecule has 4 aromatic rings. The molecule has 3 heterocycles. The summed E-state index contributed by atoms with van der Waals surface area (Å²) in [5.74, 6) is -0.282. The van der Waals surface area contributed by atoms with E-state index in [1.165, 1.54) is 23.5 Å². The first-order valence-corrected chi connectivity index (χ1v) is 8.95. The molecule has 0 unspecified atom stereocenters. The summed E-state index contributed by atoms with van der Waals surface area (Å²) >= 11 is 13.8. The van der Waals surface area contributed by atoms with Crippen molar-refractivity contribution in [3.63, 3.8) is 0 Å². The van der Waals surface area contributed by atoms with Crippen LogP contribution in [0.25, 0.3) is 11.0 Å². The van der Waals surface area contributed by atoms with Gasteiger partial charge in [-0.3, -0.25) is 0 Å². The van der Waals surface area contributed by atoms with E-state index in [1.54, 1.807) is 18.3 Å². The van der Waals surface area contributed by atoms with Crippen LogP contribution in [-0.4, -0.2) is 15.0 Å². The maximum Gasteiger partial charge on any atom is 0.188 e. The Morgan fingerprint density at radius 2 is 2.00 bits per heavy atom. The van der Waals surface area contributed by atoms with Crippen LogP contribution in [0, 0.1) is 5.82 Å². The van der Waals surface area contributed by atoms with E-state index in [1.807, 2.05) is 12.3 Å². The molecule has 0 spiro atoms. The summed E-state index contributed by atoms with van der Waals surface area (Å²) in [6.07, 6.45) is 4.12. The van der Waals surface area contributed by atoms with E-state index in [2.05, 4.69) is 20.3 Å². The zero-order valence-electron chi connectivity index (χ0n) is 12.7. The number of anilines is 2. The Hall–Kier alpha value is -2.15. The number of pyridine rings is 1. The van der Waals surface area contributed by atoms with Crippen molar-refractivity contribution in [1.29, 1.82) is 0 Å². The number of fused-ring (bicyclic) bond motifs is 1. The van der Waals surface area contributed by atoms with Gasteiger partial charge in [0.05, 0.1) is 9.90 Å². The third-order valence-electron chi connectivity index (χ3n) is 3.68. The molecule has 25 heavy (non-hydrogen) atoms. The quantitative estimate of drug-likeness (QED) is 0.461. The zero-order chi connectivity index (χ0) is 17.4. The van der Waals surface area contributed by atoms with Gasteiger partial charge in [0.25, 0.3) is 0 Å². The van der Waals surface area contributed by atoms with Gasteiger partial charge in [0.1, 0.15) is 16.6 Å². The molecule has 4 rings (SSSR count). The maximum atomic E-state index is 13.0. The van der Waals surface area contributed by atoms with Gasteiger partial charge in [-0.1, -0.05) is 34.5 Å². The van der Waals surface area contributed by atoms with Crippen molar-refractivity contribution in [2.24, 2.45) is 0 Å². The fourth-order valence-corrected chi connectivity index (χ4v) is 3.88. The van der Waals surface area contributed by atoms with Crippen LogP contribution in [0.1, 0.15) is 10.4 Å². The fourth-order valence-electron chi connectivity index (χ4n) is 2.50. The lowest BCUT2D eigenvalue weighted by Crippen LogP contribution is -1.88. The Balaban J connectivity index is 1.59. The molecule has 0 bridgehead atoms. The SMILES string of the molecule is Fc1ccc(Nc2nc(Cl)c(Cc3c[nH]c4ncc(Cl)cc34)s2)cc1. The molecular formula is C17H11Cl2FN4S. The molecule has 0 radical (unpaired) electrons. The van der Waals surface area contributed by atoms with E-state index in [9.17, 15) is 4.39 Å². The smallest absolute Gasteiger partial charge is 0.188 e. The first-order valence-electron chi connectivity index (χ1n) is 7.38. The van der Waals surface area contributed by atoms with Crippen LogP contribution < -0.4 is 5.32 Å². The summed E-state index contributed by atoms with van der Waals surface area (Å²) in [5.41, 5.74) is 2.58. The highest BCUT2D eigenvalue weighted by Gasteiger charge is 2.13. The monoisotopic (exact) mass is 392 g/mol. The van der Waals surface area contributed by atoms with Gasteiger partial charge in [0.2, 0.25) is 0 Å². The number of aromatic nitrogens is 3. The van der Waals surface area contributed by atoms with E-state index >= 15 is 0 Å². The lowest BCUT2D eigenvalue weighted by Gasteiger charge is -2.01. The van der Waals surface area contributed by atoms with E-state index in [-0.39, 0.29) is 5.82 Å². The Bertz CT molecular complexity index is 1040.